The van der Waals surface area contributed by atoms with E-state index in [-0.39, 0.29) is 24.1 Å². The number of hydrogen-bond acceptors (Lipinski definition) is 3. The van der Waals surface area contributed by atoms with Crippen LogP contribution in [0.5, 0.6) is 0 Å². The maximum absolute atomic E-state index is 11.1. The summed E-state index contributed by atoms with van der Waals surface area (Å²) in [6.45, 7) is 1.92. The fraction of sp³-hybridized carbons (Fsp3) is 0.909. The van der Waals surface area contributed by atoms with E-state index in [0.29, 0.717) is 6.42 Å². The predicted molar refractivity (Wildman–Crippen MR) is 59.3 cm³/mol. The van der Waals surface area contributed by atoms with Crippen molar-refractivity contribution in [3.63, 3.8) is 0 Å². The van der Waals surface area contributed by atoms with Crippen molar-refractivity contribution in [3.8, 4) is 0 Å². The number of primary amides is 1. The van der Waals surface area contributed by atoms with Crippen LogP contribution in [0.2, 0.25) is 0 Å². The normalized spacial score (nSPS) is 29.5. The standard InChI is InChI=1S/C11H22N2O2/c1-2-8(11(12)15)13-9-6-4-3-5-7-10(9)14/h8-10,13-14H,2-7H2,1H3,(H2,12,15). The van der Waals surface area contributed by atoms with E-state index < -0.39 is 0 Å². The molecule has 0 aromatic carbocycles. The van der Waals surface area contributed by atoms with Gasteiger partial charge in [-0.1, -0.05) is 26.2 Å². The molecule has 4 N–H and O–H groups in total. The van der Waals surface area contributed by atoms with Crippen molar-refractivity contribution < 1.29 is 9.90 Å². The number of nitrogens with one attached hydrogen (secondary N) is 1. The van der Waals surface area contributed by atoms with Crippen molar-refractivity contribution in [3.05, 3.63) is 0 Å². The molecule has 15 heavy (non-hydrogen) atoms. The molecule has 88 valence electrons. The summed E-state index contributed by atoms with van der Waals surface area (Å²) < 4.78 is 0. The van der Waals surface area contributed by atoms with Crippen LogP contribution in [0.3, 0.4) is 0 Å². The van der Waals surface area contributed by atoms with Gasteiger partial charge in [0.25, 0.3) is 0 Å². The summed E-state index contributed by atoms with van der Waals surface area (Å²) in [6.07, 6.45) is 5.47. The first kappa shape index (κ1) is 12.5. The lowest BCUT2D eigenvalue weighted by Crippen LogP contribution is -2.50. The van der Waals surface area contributed by atoms with E-state index in [4.69, 9.17) is 5.73 Å². The third kappa shape index (κ3) is 3.80. The van der Waals surface area contributed by atoms with E-state index in [1.54, 1.807) is 0 Å². The minimum Gasteiger partial charge on any atom is -0.392 e. The molecule has 1 amide bonds. The second-order valence-corrected chi connectivity index (χ2v) is 4.34. The van der Waals surface area contributed by atoms with Crippen LogP contribution in [0.1, 0.15) is 45.4 Å². The van der Waals surface area contributed by atoms with Crippen LogP contribution in [0.15, 0.2) is 0 Å². The van der Waals surface area contributed by atoms with Crippen LogP contribution in [-0.2, 0) is 4.79 Å². The molecule has 1 rings (SSSR count). The van der Waals surface area contributed by atoms with Gasteiger partial charge < -0.3 is 16.2 Å². The van der Waals surface area contributed by atoms with E-state index in [9.17, 15) is 9.90 Å². The Morgan fingerprint density at radius 1 is 1.47 bits per heavy atom. The third-order valence-electron chi connectivity index (χ3n) is 3.15. The van der Waals surface area contributed by atoms with Gasteiger partial charge in [0, 0.05) is 6.04 Å². The highest BCUT2D eigenvalue weighted by Gasteiger charge is 2.25. The van der Waals surface area contributed by atoms with Crippen molar-refractivity contribution in [1.29, 1.82) is 0 Å². The summed E-state index contributed by atoms with van der Waals surface area (Å²) >= 11 is 0. The zero-order valence-corrected chi connectivity index (χ0v) is 9.41. The van der Waals surface area contributed by atoms with Crippen molar-refractivity contribution in [1.82, 2.24) is 5.32 Å². The van der Waals surface area contributed by atoms with Gasteiger partial charge in [0.1, 0.15) is 0 Å². The first-order valence-electron chi connectivity index (χ1n) is 5.88. The zero-order valence-electron chi connectivity index (χ0n) is 9.41. The molecule has 1 fully saturated rings. The molecular formula is C11H22N2O2. The molecule has 0 radical (unpaired) electrons. The molecule has 1 saturated carbocycles. The minimum absolute atomic E-state index is 0.0324. The van der Waals surface area contributed by atoms with E-state index in [1.807, 2.05) is 6.92 Å². The van der Waals surface area contributed by atoms with Gasteiger partial charge in [-0.2, -0.15) is 0 Å². The monoisotopic (exact) mass is 214 g/mol. The number of aliphatic hydroxyl groups excluding tert-OH is 1. The Morgan fingerprint density at radius 2 is 2.13 bits per heavy atom. The van der Waals surface area contributed by atoms with E-state index in [1.165, 1.54) is 6.42 Å². The average Bonchev–Trinajstić information content (AvgIpc) is 2.39. The molecule has 1 aliphatic rings. The number of aliphatic hydroxyl groups is 1. The Kier molecular flexibility index (Phi) is 5.05. The number of hydrogen-bond donors (Lipinski definition) is 3. The van der Waals surface area contributed by atoms with Crippen LogP contribution in [0.4, 0.5) is 0 Å². The molecule has 0 saturated heterocycles. The van der Waals surface area contributed by atoms with Crippen molar-refractivity contribution in [2.24, 2.45) is 5.73 Å². The molecule has 0 aromatic rings. The van der Waals surface area contributed by atoms with Gasteiger partial charge in [-0.25, -0.2) is 0 Å². The summed E-state index contributed by atoms with van der Waals surface area (Å²) in [6, 6.07) is -0.271. The Balaban J connectivity index is 2.49. The highest BCUT2D eigenvalue weighted by atomic mass is 16.3. The predicted octanol–water partition coefficient (Wildman–Crippen LogP) is 0.533. The molecule has 4 nitrogen and oxygen atoms in total. The highest BCUT2D eigenvalue weighted by molar-refractivity contribution is 5.79. The summed E-state index contributed by atoms with van der Waals surface area (Å²) in [5.41, 5.74) is 5.27. The lowest BCUT2D eigenvalue weighted by atomic mass is 10.0. The SMILES string of the molecule is CCC(NC1CCCCCC1O)C(N)=O. The molecule has 0 spiro atoms. The Morgan fingerprint density at radius 3 is 2.73 bits per heavy atom. The van der Waals surface area contributed by atoms with Gasteiger partial charge in [0.05, 0.1) is 12.1 Å². The highest BCUT2D eigenvalue weighted by Crippen LogP contribution is 2.18. The Hall–Kier alpha value is -0.610. The first-order valence-corrected chi connectivity index (χ1v) is 5.88. The lowest BCUT2D eigenvalue weighted by molar-refractivity contribution is -0.120. The van der Waals surface area contributed by atoms with Crippen molar-refractivity contribution >= 4 is 5.91 Å². The van der Waals surface area contributed by atoms with Gasteiger partial charge in [0.2, 0.25) is 5.91 Å². The third-order valence-corrected chi connectivity index (χ3v) is 3.15. The average molecular weight is 214 g/mol. The van der Waals surface area contributed by atoms with Crippen LogP contribution in [0.25, 0.3) is 0 Å². The molecule has 1 aliphatic carbocycles. The van der Waals surface area contributed by atoms with Gasteiger partial charge in [0.15, 0.2) is 0 Å². The molecule has 0 aromatic heterocycles. The van der Waals surface area contributed by atoms with Crippen molar-refractivity contribution in [2.75, 3.05) is 0 Å². The maximum atomic E-state index is 11.1. The second kappa shape index (κ2) is 6.08. The van der Waals surface area contributed by atoms with Gasteiger partial charge in [-0.05, 0) is 19.3 Å². The lowest BCUT2D eigenvalue weighted by Gasteiger charge is -2.25. The second-order valence-electron chi connectivity index (χ2n) is 4.34. The van der Waals surface area contributed by atoms with Crippen LogP contribution in [-0.4, -0.2) is 29.2 Å². The number of carbonyl (C=O) groups excluding carboxylic acids is 1. The van der Waals surface area contributed by atoms with Crippen LogP contribution >= 0.6 is 0 Å². The number of rotatable bonds is 4. The van der Waals surface area contributed by atoms with Gasteiger partial charge in [-0.15, -0.1) is 0 Å². The fourth-order valence-corrected chi connectivity index (χ4v) is 2.14. The maximum Gasteiger partial charge on any atom is 0.234 e. The smallest absolute Gasteiger partial charge is 0.234 e. The molecule has 0 bridgehead atoms. The summed E-state index contributed by atoms with van der Waals surface area (Å²) in [5, 5.41) is 13.0. The number of carbonyl (C=O) groups is 1. The number of amides is 1. The van der Waals surface area contributed by atoms with E-state index >= 15 is 0 Å². The molecule has 0 aliphatic heterocycles. The molecule has 3 atom stereocenters. The molecule has 3 unspecified atom stereocenters. The fourth-order valence-electron chi connectivity index (χ4n) is 2.14. The minimum atomic E-state index is -0.333. The topological polar surface area (TPSA) is 75.3 Å². The Bertz CT molecular complexity index is 209. The largest absolute Gasteiger partial charge is 0.392 e. The van der Waals surface area contributed by atoms with Gasteiger partial charge >= 0.3 is 0 Å². The first-order chi connectivity index (χ1) is 7.15. The summed E-state index contributed by atoms with van der Waals surface area (Å²) in [5.74, 6) is -0.325. The van der Waals surface area contributed by atoms with Crippen molar-refractivity contribution in [2.45, 2.75) is 63.6 Å². The zero-order chi connectivity index (χ0) is 11.3. The quantitative estimate of drug-likeness (QED) is 0.598. The molecule has 4 heteroatoms. The van der Waals surface area contributed by atoms with E-state index in [2.05, 4.69) is 5.32 Å². The van der Waals surface area contributed by atoms with E-state index in [0.717, 1.165) is 25.7 Å². The molecular weight excluding hydrogens is 192 g/mol. The van der Waals surface area contributed by atoms with Crippen LogP contribution < -0.4 is 11.1 Å². The summed E-state index contributed by atoms with van der Waals surface area (Å²) in [4.78, 5) is 11.1. The molecule has 0 heterocycles. The Labute approximate surface area is 91.2 Å². The van der Waals surface area contributed by atoms with Gasteiger partial charge in [-0.3, -0.25) is 4.79 Å². The van der Waals surface area contributed by atoms with Crippen LogP contribution in [0, 0.1) is 0 Å². The summed E-state index contributed by atoms with van der Waals surface area (Å²) in [7, 11) is 0. The number of nitrogens with two attached hydrogens (primary N) is 1.